The van der Waals surface area contributed by atoms with Gasteiger partial charge in [0, 0.05) is 32.7 Å². The lowest BCUT2D eigenvalue weighted by Gasteiger charge is -2.43. The second-order valence-corrected chi connectivity index (χ2v) is 6.62. The number of anilines is 1. The number of fused-ring (bicyclic) bond motifs is 1. The first-order chi connectivity index (χ1) is 11.7. The summed E-state index contributed by atoms with van der Waals surface area (Å²) in [4.78, 5) is 14.5. The van der Waals surface area contributed by atoms with E-state index in [1.807, 2.05) is 19.1 Å². The molecule has 7 heteroatoms. The molecule has 7 nitrogen and oxygen atoms in total. The van der Waals surface area contributed by atoms with Gasteiger partial charge >= 0.3 is 0 Å². The molecule has 3 rings (SSSR count). The average Bonchev–Trinajstić information content (AvgIpc) is 2.61. The zero-order chi connectivity index (χ0) is 16.9. The number of aromatic nitrogens is 2. The smallest absolute Gasteiger partial charge is 0.225 e. The van der Waals surface area contributed by atoms with Gasteiger partial charge in [-0.1, -0.05) is 0 Å². The van der Waals surface area contributed by atoms with Crippen molar-refractivity contribution in [2.24, 2.45) is 11.8 Å². The summed E-state index contributed by atoms with van der Waals surface area (Å²) in [5, 5.41) is 11.3. The van der Waals surface area contributed by atoms with Crippen LogP contribution in [0.1, 0.15) is 18.5 Å². The van der Waals surface area contributed by atoms with Crippen LogP contribution < -0.4 is 10.2 Å². The number of nitrogens with zero attached hydrogens (tertiary/aromatic N) is 3. The number of aryl methyl sites for hydroxylation is 1. The van der Waals surface area contributed by atoms with E-state index in [4.69, 9.17) is 9.47 Å². The molecule has 3 atom stereocenters. The minimum atomic E-state index is -0.0767. The first-order valence-electron chi connectivity index (χ1n) is 8.61. The van der Waals surface area contributed by atoms with Crippen LogP contribution in [-0.2, 0) is 14.3 Å². The van der Waals surface area contributed by atoms with Gasteiger partial charge in [0.25, 0.3) is 0 Å². The van der Waals surface area contributed by atoms with Crippen LogP contribution in [0.5, 0.6) is 0 Å². The summed E-state index contributed by atoms with van der Waals surface area (Å²) in [5.41, 5.74) is 0.919. The van der Waals surface area contributed by atoms with E-state index in [0.717, 1.165) is 37.4 Å². The topological polar surface area (TPSA) is 76.6 Å². The van der Waals surface area contributed by atoms with Gasteiger partial charge in [-0.2, -0.15) is 5.10 Å². The molecule has 132 valence electrons. The summed E-state index contributed by atoms with van der Waals surface area (Å²) in [6.07, 6.45) is 2.08. The molecule has 3 heterocycles. The number of carbonyl (C=O) groups is 1. The Hall–Kier alpha value is -1.73. The second-order valence-electron chi connectivity index (χ2n) is 6.62. The largest absolute Gasteiger partial charge is 0.383 e. The lowest BCUT2D eigenvalue weighted by Crippen LogP contribution is -2.51. The fraction of sp³-hybridized carbons (Fsp3) is 0.706. The van der Waals surface area contributed by atoms with Crippen LogP contribution in [0.2, 0.25) is 0 Å². The zero-order valence-corrected chi connectivity index (χ0v) is 14.4. The lowest BCUT2D eigenvalue weighted by molar-refractivity contribution is -0.135. The summed E-state index contributed by atoms with van der Waals surface area (Å²) in [6, 6.07) is 4.00. The summed E-state index contributed by atoms with van der Waals surface area (Å²) in [5.74, 6) is 1.25. The van der Waals surface area contributed by atoms with Crippen molar-refractivity contribution in [3.05, 3.63) is 17.8 Å². The molecule has 0 radical (unpaired) electrons. The van der Waals surface area contributed by atoms with E-state index < -0.39 is 0 Å². The van der Waals surface area contributed by atoms with Gasteiger partial charge in [-0.3, -0.25) is 4.79 Å². The molecule has 0 spiro atoms. The highest BCUT2D eigenvalue weighted by Gasteiger charge is 2.38. The Morgan fingerprint density at radius 1 is 1.46 bits per heavy atom. The molecule has 0 aromatic carbocycles. The molecule has 2 fully saturated rings. The van der Waals surface area contributed by atoms with Gasteiger partial charge in [-0.05, 0) is 31.9 Å². The number of amides is 1. The van der Waals surface area contributed by atoms with Gasteiger partial charge in [0.15, 0.2) is 5.82 Å². The van der Waals surface area contributed by atoms with Crippen LogP contribution in [0.3, 0.4) is 0 Å². The van der Waals surface area contributed by atoms with E-state index in [0.29, 0.717) is 25.7 Å². The maximum Gasteiger partial charge on any atom is 0.225 e. The molecule has 0 aliphatic carbocycles. The number of hydrogen-bond donors (Lipinski definition) is 1. The highest BCUT2D eigenvalue weighted by Crippen LogP contribution is 2.32. The lowest BCUT2D eigenvalue weighted by atomic mass is 9.83. The minimum Gasteiger partial charge on any atom is -0.383 e. The zero-order valence-electron chi connectivity index (χ0n) is 14.4. The Balaban J connectivity index is 1.57. The molecular formula is C17H26N4O3. The fourth-order valence-corrected chi connectivity index (χ4v) is 3.50. The van der Waals surface area contributed by atoms with E-state index in [2.05, 4.69) is 20.4 Å². The average molecular weight is 334 g/mol. The molecule has 1 aromatic heterocycles. The number of ether oxygens (including phenoxy) is 2. The van der Waals surface area contributed by atoms with Crippen LogP contribution in [-0.4, -0.2) is 62.2 Å². The van der Waals surface area contributed by atoms with Gasteiger partial charge in [-0.15, -0.1) is 5.10 Å². The highest BCUT2D eigenvalue weighted by molar-refractivity contribution is 5.78. The Bertz CT molecular complexity index is 551. The van der Waals surface area contributed by atoms with Crippen molar-refractivity contribution < 1.29 is 14.3 Å². The van der Waals surface area contributed by atoms with Crippen molar-refractivity contribution in [1.82, 2.24) is 15.5 Å². The quantitative estimate of drug-likeness (QED) is 0.802. The van der Waals surface area contributed by atoms with Gasteiger partial charge in [0.2, 0.25) is 5.91 Å². The monoisotopic (exact) mass is 334 g/mol. The predicted octanol–water partition coefficient (Wildman–Crippen LogP) is 0.779. The van der Waals surface area contributed by atoms with Crippen LogP contribution in [0.15, 0.2) is 12.1 Å². The normalized spacial score (nSPS) is 26.8. The molecule has 1 amide bonds. The maximum absolute atomic E-state index is 12.3. The first kappa shape index (κ1) is 17.1. The van der Waals surface area contributed by atoms with Crippen molar-refractivity contribution in [2.45, 2.75) is 25.9 Å². The third kappa shape index (κ3) is 4.02. The molecule has 2 aliphatic heterocycles. The van der Waals surface area contributed by atoms with Crippen molar-refractivity contribution >= 4 is 11.7 Å². The Labute approximate surface area is 142 Å². The predicted molar refractivity (Wildman–Crippen MR) is 89.8 cm³/mol. The van der Waals surface area contributed by atoms with Crippen molar-refractivity contribution in [2.75, 3.05) is 44.9 Å². The molecule has 1 aromatic rings. The van der Waals surface area contributed by atoms with Crippen LogP contribution in [0, 0.1) is 18.8 Å². The number of rotatable bonds is 5. The summed E-state index contributed by atoms with van der Waals surface area (Å²) in [7, 11) is 1.63. The van der Waals surface area contributed by atoms with E-state index in [1.54, 1.807) is 7.11 Å². The number of nitrogens with one attached hydrogen (secondary N) is 1. The maximum atomic E-state index is 12.3. The third-order valence-electron chi connectivity index (χ3n) is 4.85. The Morgan fingerprint density at radius 3 is 3.08 bits per heavy atom. The van der Waals surface area contributed by atoms with Crippen LogP contribution in [0.25, 0.3) is 0 Å². The van der Waals surface area contributed by atoms with Crippen LogP contribution >= 0.6 is 0 Å². The Morgan fingerprint density at radius 2 is 2.33 bits per heavy atom. The van der Waals surface area contributed by atoms with E-state index in [1.165, 1.54) is 0 Å². The standard InChI is InChI=1S/C17H26N4O3/c1-12-3-4-16(20-19-12)21-7-5-15-13(10-21)9-14(11-24-15)17(22)18-6-8-23-2/h3-4,13-15H,5-11H2,1-2H3,(H,18,22)/t13-,14-,15+/m1/s1. The van der Waals surface area contributed by atoms with Gasteiger partial charge in [0.05, 0.1) is 30.9 Å². The number of hydrogen-bond acceptors (Lipinski definition) is 6. The number of methoxy groups -OCH3 is 1. The Kier molecular flexibility index (Phi) is 5.63. The van der Waals surface area contributed by atoms with E-state index in [9.17, 15) is 4.79 Å². The van der Waals surface area contributed by atoms with Crippen molar-refractivity contribution in [3.8, 4) is 0 Å². The van der Waals surface area contributed by atoms with Gasteiger partial charge in [-0.25, -0.2) is 0 Å². The van der Waals surface area contributed by atoms with Gasteiger partial charge < -0.3 is 19.7 Å². The molecule has 0 saturated carbocycles. The summed E-state index contributed by atoms with van der Waals surface area (Å²) >= 11 is 0. The summed E-state index contributed by atoms with van der Waals surface area (Å²) < 4.78 is 10.9. The molecule has 2 saturated heterocycles. The van der Waals surface area contributed by atoms with E-state index >= 15 is 0 Å². The molecule has 24 heavy (non-hydrogen) atoms. The third-order valence-corrected chi connectivity index (χ3v) is 4.85. The van der Waals surface area contributed by atoms with Crippen molar-refractivity contribution in [3.63, 3.8) is 0 Å². The molecule has 0 unspecified atom stereocenters. The fourth-order valence-electron chi connectivity index (χ4n) is 3.50. The number of piperidine rings is 1. The van der Waals surface area contributed by atoms with Crippen molar-refractivity contribution in [1.29, 1.82) is 0 Å². The molecule has 2 aliphatic rings. The minimum absolute atomic E-state index is 0.0674. The number of carbonyl (C=O) groups excluding carboxylic acids is 1. The molecular weight excluding hydrogens is 308 g/mol. The van der Waals surface area contributed by atoms with Crippen LogP contribution in [0.4, 0.5) is 5.82 Å². The van der Waals surface area contributed by atoms with Gasteiger partial charge in [0.1, 0.15) is 0 Å². The molecule has 1 N–H and O–H groups in total. The second kappa shape index (κ2) is 7.90. The molecule has 0 bridgehead atoms. The summed E-state index contributed by atoms with van der Waals surface area (Å²) in [6.45, 7) is 5.32. The van der Waals surface area contributed by atoms with E-state index in [-0.39, 0.29) is 17.9 Å². The SMILES string of the molecule is COCCNC(=O)[C@H]1CO[C@H]2CCN(c3ccc(C)nn3)C[C@H]2C1. The highest BCUT2D eigenvalue weighted by atomic mass is 16.5. The first-order valence-corrected chi connectivity index (χ1v) is 8.61.